The second-order valence-corrected chi connectivity index (χ2v) is 11.1. The van der Waals surface area contributed by atoms with Gasteiger partial charge in [0.05, 0.1) is 12.1 Å². The monoisotopic (exact) mass is 412 g/mol. The van der Waals surface area contributed by atoms with Gasteiger partial charge in [-0.25, -0.2) is 4.79 Å². The van der Waals surface area contributed by atoms with E-state index in [0.717, 1.165) is 44.3 Å². The van der Waals surface area contributed by atoms with Crippen LogP contribution in [0.1, 0.15) is 72.6 Å². The number of carbonyl (C=O) groups excluding carboxylic acids is 2. The number of rotatable bonds is 7. The Hall–Kier alpha value is -0.990. The SMILES string of the molecule is CC1(C)CC(NC(=O)CCCCC[C@@H]2SC[C@@H]3NC(=O)N[C@@H]32)CC(C)(C)N1O. The van der Waals surface area contributed by atoms with Gasteiger partial charge in [-0.15, -0.1) is 0 Å². The first-order valence-corrected chi connectivity index (χ1v) is 11.6. The fourth-order valence-corrected chi connectivity index (χ4v) is 6.67. The first-order valence-electron chi connectivity index (χ1n) is 10.6. The average Bonchev–Trinajstić information content (AvgIpc) is 3.11. The molecule has 7 nitrogen and oxygen atoms in total. The summed E-state index contributed by atoms with van der Waals surface area (Å²) in [5, 5.41) is 21.5. The van der Waals surface area contributed by atoms with Crippen LogP contribution in [0.25, 0.3) is 0 Å². The number of thioether (sulfide) groups is 1. The third-order valence-corrected chi connectivity index (χ3v) is 7.84. The van der Waals surface area contributed by atoms with Gasteiger partial charge < -0.3 is 21.2 Å². The minimum Gasteiger partial charge on any atom is -0.353 e. The molecule has 0 spiro atoms. The van der Waals surface area contributed by atoms with Gasteiger partial charge in [0.25, 0.3) is 0 Å². The van der Waals surface area contributed by atoms with Crippen LogP contribution >= 0.6 is 11.8 Å². The molecule has 0 saturated carbocycles. The highest BCUT2D eigenvalue weighted by atomic mass is 32.2. The van der Waals surface area contributed by atoms with Gasteiger partial charge in [0.15, 0.2) is 0 Å². The minimum absolute atomic E-state index is 0.0321. The maximum Gasteiger partial charge on any atom is 0.315 e. The minimum atomic E-state index is -0.346. The predicted molar refractivity (Wildman–Crippen MR) is 112 cm³/mol. The van der Waals surface area contributed by atoms with Crippen LogP contribution in [-0.2, 0) is 4.79 Å². The van der Waals surface area contributed by atoms with Gasteiger partial charge in [-0.3, -0.25) is 4.79 Å². The molecular weight excluding hydrogens is 376 g/mol. The maximum absolute atomic E-state index is 12.4. The molecule has 3 rings (SSSR count). The van der Waals surface area contributed by atoms with Crippen molar-refractivity contribution in [3.63, 3.8) is 0 Å². The van der Waals surface area contributed by atoms with Crippen molar-refractivity contribution >= 4 is 23.7 Å². The van der Waals surface area contributed by atoms with E-state index in [1.165, 1.54) is 5.06 Å². The lowest BCUT2D eigenvalue weighted by atomic mass is 9.79. The van der Waals surface area contributed by atoms with Crippen LogP contribution in [-0.4, -0.2) is 62.4 Å². The van der Waals surface area contributed by atoms with Crippen molar-refractivity contribution in [1.82, 2.24) is 21.0 Å². The zero-order valence-corrected chi connectivity index (χ0v) is 18.4. The number of piperidine rings is 1. The van der Waals surface area contributed by atoms with Crippen molar-refractivity contribution in [1.29, 1.82) is 0 Å². The summed E-state index contributed by atoms with van der Waals surface area (Å²) in [7, 11) is 0. The van der Waals surface area contributed by atoms with Gasteiger partial charge in [0.2, 0.25) is 5.91 Å². The predicted octanol–water partition coefficient (Wildman–Crippen LogP) is 2.63. The quantitative estimate of drug-likeness (QED) is 0.381. The van der Waals surface area contributed by atoms with Gasteiger partial charge in [0.1, 0.15) is 0 Å². The van der Waals surface area contributed by atoms with E-state index < -0.39 is 0 Å². The molecular formula is C20H36N4O3S. The maximum atomic E-state index is 12.4. The van der Waals surface area contributed by atoms with Crippen LogP contribution < -0.4 is 16.0 Å². The van der Waals surface area contributed by atoms with E-state index in [1.54, 1.807) is 0 Å². The van der Waals surface area contributed by atoms with Gasteiger partial charge in [0, 0.05) is 34.5 Å². The number of hydrogen-bond acceptors (Lipinski definition) is 5. The number of carbonyl (C=O) groups is 2. The number of urea groups is 1. The Balaban J connectivity index is 1.32. The van der Waals surface area contributed by atoms with Gasteiger partial charge >= 0.3 is 6.03 Å². The summed E-state index contributed by atoms with van der Waals surface area (Å²) in [6.07, 6.45) is 6.17. The number of fused-ring (bicyclic) bond motifs is 1. The van der Waals surface area contributed by atoms with Crippen LogP contribution in [0.5, 0.6) is 0 Å². The molecule has 3 aliphatic heterocycles. The van der Waals surface area contributed by atoms with Crippen LogP contribution in [0, 0.1) is 0 Å². The Kier molecular flexibility index (Phi) is 6.51. The third-order valence-electron chi connectivity index (χ3n) is 6.33. The molecule has 3 aliphatic rings. The molecule has 8 heteroatoms. The Morgan fingerprint density at radius 1 is 1.18 bits per heavy atom. The summed E-state index contributed by atoms with van der Waals surface area (Å²) in [6.45, 7) is 8.06. The van der Waals surface area contributed by atoms with E-state index in [9.17, 15) is 14.8 Å². The molecule has 3 amide bonds. The van der Waals surface area contributed by atoms with Crippen molar-refractivity contribution in [2.24, 2.45) is 0 Å². The Bertz CT molecular complexity index is 580. The van der Waals surface area contributed by atoms with Crippen LogP contribution in [0.2, 0.25) is 0 Å². The number of hydrogen-bond donors (Lipinski definition) is 4. The van der Waals surface area contributed by atoms with E-state index in [-0.39, 0.29) is 41.1 Å². The Morgan fingerprint density at radius 2 is 1.86 bits per heavy atom. The summed E-state index contributed by atoms with van der Waals surface area (Å²) in [5.74, 6) is 1.11. The Morgan fingerprint density at radius 3 is 2.54 bits per heavy atom. The van der Waals surface area contributed by atoms with Crippen molar-refractivity contribution in [2.45, 2.75) is 107 Å². The first-order chi connectivity index (χ1) is 13.1. The first kappa shape index (κ1) is 21.7. The van der Waals surface area contributed by atoms with E-state index in [1.807, 2.05) is 39.5 Å². The highest BCUT2D eigenvalue weighted by Crippen LogP contribution is 2.37. The zero-order valence-electron chi connectivity index (χ0n) is 17.6. The van der Waals surface area contributed by atoms with E-state index in [2.05, 4.69) is 16.0 Å². The lowest BCUT2D eigenvalue weighted by Gasteiger charge is -2.51. The van der Waals surface area contributed by atoms with Crippen molar-refractivity contribution in [2.75, 3.05) is 5.75 Å². The van der Waals surface area contributed by atoms with Crippen molar-refractivity contribution in [3.8, 4) is 0 Å². The van der Waals surface area contributed by atoms with Crippen molar-refractivity contribution < 1.29 is 14.8 Å². The molecule has 4 N–H and O–H groups in total. The second-order valence-electron chi connectivity index (χ2n) is 9.83. The van der Waals surface area contributed by atoms with E-state index in [0.29, 0.717) is 11.7 Å². The fraction of sp³-hybridized carbons (Fsp3) is 0.900. The zero-order chi connectivity index (χ0) is 20.5. The van der Waals surface area contributed by atoms with Crippen molar-refractivity contribution in [3.05, 3.63) is 0 Å². The topological polar surface area (TPSA) is 93.7 Å². The fourth-order valence-electron chi connectivity index (χ4n) is 5.12. The molecule has 3 saturated heterocycles. The van der Waals surface area contributed by atoms with Gasteiger partial charge in [-0.05, 0) is 53.4 Å². The lowest BCUT2D eigenvalue weighted by molar-refractivity contribution is -0.246. The normalized spacial score (nSPS) is 31.9. The Labute approximate surface area is 172 Å². The largest absolute Gasteiger partial charge is 0.353 e. The molecule has 0 aromatic carbocycles. The molecule has 28 heavy (non-hydrogen) atoms. The number of nitrogens with zero attached hydrogens (tertiary/aromatic N) is 1. The number of amides is 3. The van der Waals surface area contributed by atoms with Gasteiger partial charge in [-0.1, -0.05) is 12.8 Å². The smallest absolute Gasteiger partial charge is 0.315 e. The molecule has 0 aromatic heterocycles. The van der Waals surface area contributed by atoms with Crippen LogP contribution in [0.15, 0.2) is 0 Å². The highest BCUT2D eigenvalue weighted by Gasteiger charge is 2.45. The standard InChI is InChI=1S/C20H36N4O3S/c1-19(2)10-13(11-20(3,4)24(19)27)21-16(25)9-7-5-6-8-15-17-14(12-28-15)22-18(26)23-17/h13-15,17,27H,5-12H2,1-4H3,(H,21,25)(H2,22,23,26)/t14-,15-,17-/m0/s1. The lowest BCUT2D eigenvalue weighted by Crippen LogP contribution is -2.62. The number of nitrogens with one attached hydrogen (secondary N) is 3. The van der Waals surface area contributed by atoms with Gasteiger partial charge in [-0.2, -0.15) is 16.8 Å². The molecule has 3 heterocycles. The molecule has 0 unspecified atom stereocenters. The molecule has 160 valence electrons. The van der Waals surface area contributed by atoms with Crippen LogP contribution in [0.3, 0.4) is 0 Å². The second kappa shape index (κ2) is 8.40. The summed E-state index contributed by atoms with van der Waals surface area (Å²) in [6, 6.07) is 0.624. The van der Waals surface area contributed by atoms with Crippen LogP contribution in [0.4, 0.5) is 4.79 Å². The molecule has 0 radical (unpaired) electrons. The number of unbranched alkanes of at least 4 members (excludes halogenated alkanes) is 2. The average molecular weight is 413 g/mol. The summed E-state index contributed by atoms with van der Waals surface area (Å²) >= 11 is 1.94. The highest BCUT2D eigenvalue weighted by molar-refractivity contribution is 8.00. The molecule has 3 fully saturated rings. The summed E-state index contributed by atoms with van der Waals surface area (Å²) in [5.41, 5.74) is -0.692. The summed E-state index contributed by atoms with van der Waals surface area (Å²) in [4.78, 5) is 23.8. The molecule has 0 aliphatic carbocycles. The summed E-state index contributed by atoms with van der Waals surface area (Å²) < 4.78 is 0. The molecule has 0 aromatic rings. The molecule has 3 atom stereocenters. The van der Waals surface area contributed by atoms with E-state index >= 15 is 0 Å². The third kappa shape index (κ3) is 4.94. The number of hydroxylamine groups is 2. The van der Waals surface area contributed by atoms with E-state index in [4.69, 9.17) is 0 Å². The molecule has 0 bridgehead atoms.